The van der Waals surface area contributed by atoms with Gasteiger partial charge in [-0.15, -0.1) is 0 Å². The van der Waals surface area contributed by atoms with Gasteiger partial charge in [0.05, 0.1) is 12.2 Å². The van der Waals surface area contributed by atoms with E-state index in [1.165, 1.54) is 0 Å². The molecular formula is C16H16O3. The van der Waals surface area contributed by atoms with Crippen LogP contribution in [0.3, 0.4) is 0 Å². The van der Waals surface area contributed by atoms with Crippen LogP contribution < -0.4 is 4.74 Å². The SMILES string of the molecule is CCCOc1cccc(C(=O)c2ccccc2)c1O. The molecule has 2 aromatic rings. The summed E-state index contributed by atoms with van der Waals surface area (Å²) < 4.78 is 5.41. The Morgan fingerprint density at radius 1 is 1.11 bits per heavy atom. The lowest BCUT2D eigenvalue weighted by Crippen LogP contribution is -2.03. The highest BCUT2D eigenvalue weighted by molar-refractivity contribution is 6.11. The summed E-state index contributed by atoms with van der Waals surface area (Å²) in [5.74, 6) is 0.0495. The number of phenolic OH excluding ortho intramolecular Hbond substituents is 1. The summed E-state index contributed by atoms with van der Waals surface area (Å²) >= 11 is 0. The average molecular weight is 256 g/mol. The number of hydrogen-bond donors (Lipinski definition) is 1. The summed E-state index contributed by atoms with van der Waals surface area (Å²) in [5, 5.41) is 10.1. The monoisotopic (exact) mass is 256 g/mol. The summed E-state index contributed by atoms with van der Waals surface area (Å²) in [4.78, 5) is 12.3. The molecule has 0 aliphatic heterocycles. The van der Waals surface area contributed by atoms with Crippen LogP contribution in [0.5, 0.6) is 11.5 Å². The Morgan fingerprint density at radius 2 is 1.84 bits per heavy atom. The molecule has 0 fully saturated rings. The molecule has 0 atom stereocenters. The normalized spacial score (nSPS) is 10.2. The van der Waals surface area contributed by atoms with Gasteiger partial charge in [0.25, 0.3) is 0 Å². The van der Waals surface area contributed by atoms with E-state index in [1.54, 1.807) is 42.5 Å². The second-order valence-corrected chi connectivity index (χ2v) is 4.20. The Balaban J connectivity index is 2.32. The summed E-state index contributed by atoms with van der Waals surface area (Å²) in [7, 11) is 0. The third kappa shape index (κ3) is 2.94. The number of carbonyl (C=O) groups is 1. The molecule has 0 saturated heterocycles. The molecule has 0 aliphatic rings. The first kappa shape index (κ1) is 13.1. The van der Waals surface area contributed by atoms with Crippen molar-refractivity contribution in [1.29, 1.82) is 0 Å². The fourth-order valence-electron chi connectivity index (χ4n) is 1.78. The van der Waals surface area contributed by atoms with Crippen molar-refractivity contribution in [2.24, 2.45) is 0 Å². The largest absolute Gasteiger partial charge is 0.504 e. The summed E-state index contributed by atoms with van der Waals surface area (Å²) in [5.41, 5.74) is 0.810. The van der Waals surface area contributed by atoms with Crippen molar-refractivity contribution in [3.63, 3.8) is 0 Å². The van der Waals surface area contributed by atoms with Gasteiger partial charge in [-0.2, -0.15) is 0 Å². The molecule has 0 radical (unpaired) electrons. The van der Waals surface area contributed by atoms with E-state index >= 15 is 0 Å². The molecule has 0 bridgehead atoms. The number of phenols is 1. The summed E-state index contributed by atoms with van der Waals surface area (Å²) in [6.07, 6.45) is 0.844. The summed E-state index contributed by atoms with van der Waals surface area (Å²) in [6.45, 7) is 2.49. The zero-order chi connectivity index (χ0) is 13.7. The van der Waals surface area contributed by atoms with E-state index in [1.807, 2.05) is 13.0 Å². The molecule has 2 aromatic carbocycles. The Bertz CT molecular complexity index is 561. The molecule has 0 aliphatic carbocycles. The maximum Gasteiger partial charge on any atom is 0.196 e. The highest BCUT2D eigenvalue weighted by atomic mass is 16.5. The third-order valence-electron chi connectivity index (χ3n) is 2.74. The maximum absolute atomic E-state index is 12.3. The predicted octanol–water partition coefficient (Wildman–Crippen LogP) is 3.41. The Hall–Kier alpha value is -2.29. The Labute approximate surface area is 112 Å². The fourth-order valence-corrected chi connectivity index (χ4v) is 1.78. The van der Waals surface area contributed by atoms with Gasteiger partial charge < -0.3 is 9.84 Å². The smallest absolute Gasteiger partial charge is 0.196 e. The van der Waals surface area contributed by atoms with Crippen LogP contribution in [0.4, 0.5) is 0 Å². The maximum atomic E-state index is 12.3. The molecule has 3 heteroatoms. The van der Waals surface area contributed by atoms with E-state index in [4.69, 9.17) is 4.74 Å². The minimum absolute atomic E-state index is 0.0928. The highest BCUT2D eigenvalue weighted by Crippen LogP contribution is 2.31. The Morgan fingerprint density at radius 3 is 2.53 bits per heavy atom. The van der Waals surface area contributed by atoms with Crippen LogP contribution in [0.15, 0.2) is 48.5 Å². The van der Waals surface area contributed by atoms with E-state index < -0.39 is 0 Å². The van der Waals surface area contributed by atoms with Crippen molar-refractivity contribution >= 4 is 5.78 Å². The van der Waals surface area contributed by atoms with Gasteiger partial charge in [-0.1, -0.05) is 43.3 Å². The predicted molar refractivity (Wildman–Crippen MR) is 73.8 cm³/mol. The third-order valence-corrected chi connectivity index (χ3v) is 2.74. The van der Waals surface area contributed by atoms with E-state index in [9.17, 15) is 9.90 Å². The number of hydrogen-bond acceptors (Lipinski definition) is 3. The van der Waals surface area contributed by atoms with Gasteiger partial charge in [0.1, 0.15) is 0 Å². The van der Waals surface area contributed by atoms with Crippen LogP contribution in [0.25, 0.3) is 0 Å². The van der Waals surface area contributed by atoms with E-state index in [0.717, 1.165) is 6.42 Å². The van der Waals surface area contributed by atoms with Crippen LogP contribution in [0.2, 0.25) is 0 Å². The number of benzene rings is 2. The van der Waals surface area contributed by atoms with E-state index in [0.29, 0.717) is 17.9 Å². The van der Waals surface area contributed by atoms with Gasteiger partial charge in [0.2, 0.25) is 0 Å². The fraction of sp³-hybridized carbons (Fsp3) is 0.188. The molecule has 0 spiro atoms. The minimum atomic E-state index is -0.208. The number of para-hydroxylation sites is 1. The first-order valence-corrected chi connectivity index (χ1v) is 6.28. The van der Waals surface area contributed by atoms with Crippen LogP contribution in [-0.4, -0.2) is 17.5 Å². The van der Waals surface area contributed by atoms with Crippen LogP contribution in [0, 0.1) is 0 Å². The van der Waals surface area contributed by atoms with Gasteiger partial charge in [0, 0.05) is 5.56 Å². The second-order valence-electron chi connectivity index (χ2n) is 4.20. The van der Waals surface area contributed by atoms with E-state index in [-0.39, 0.29) is 17.1 Å². The van der Waals surface area contributed by atoms with Crippen molar-refractivity contribution in [2.45, 2.75) is 13.3 Å². The standard InChI is InChI=1S/C16H16O3/c1-2-11-19-14-10-6-9-13(16(14)18)15(17)12-7-4-3-5-8-12/h3-10,18H,2,11H2,1H3. The van der Waals surface area contributed by atoms with Crippen LogP contribution >= 0.6 is 0 Å². The lowest BCUT2D eigenvalue weighted by molar-refractivity contribution is 0.103. The lowest BCUT2D eigenvalue weighted by atomic mass is 10.0. The zero-order valence-electron chi connectivity index (χ0n) is 10.8. The topological polar surface area (TPSA) is 46.5 Å². The number of rotatable bonds is 5. The zero-order valence-corrected chi connectivity index (χ0v) is 10.8. The lowest BCUT2D eigenvalue weighted by Gasteiger charge is -2.10. The molecule has 2 rings (SSSR count). The molecule has 0 amide bonds. The van der Waals surface area contributed by atoms with Gasteiger partial charge >= 0.3 is 0 Å². The molecule has 1 N–H and O–H groups in total. The van der Waals surface area contributed by atoms with Crippen molar-refractivity contribution in [1.82, 2.24) is 0 Å². The molecule has 3 nitrogen and oxygen atoms in total. The first-order chi connectivity index (χ1) is 9.24. The van der Waals surface area contributed by atoms with Crippen LogP contribution in [-0.2, 0) is 0 Å². The molecule has 0 aromatic heterocycles. The van der Waals surface area contributed by atoms with Crippen molar-refractivity contribution < 1.29 is 14.6 Å². The van der Waals surface area contributed by atoms with Crippen molar-refractivity contribution in [3.05, 3.63) is 59.7 Å². The number of ketones is 1. The molecular weight excluding hydrogens is 240 g/mol. The van der Waals surface area contributed by atoms with E-state index in [2.05, 4.69) is 0 Å². The number of carbonyl (C=O) groups excluding carboxylic acids is 1. The number of ether oxygens (including phenoxy) is 1. The molecule has 19 heavy (non-hydrogen) atoms. The minimum Gasteiger partial charge on any atom is -0.504 e. The van der Waals surface area contributed by atoms with Crippen molar-refractivity contribution in [3.8, 4) is 11.5 Å². The first-order valence-electron chi connectivity index (χ1n) is 6.28. The van der Waals surface area contributed by atoms with Crippen LogP contribution in [0.1, 0.15) is 29.3 Å². The molecule has 0 unspecified atom stereocenters. The highest BCUT2D eigenvalue weighted by Gasteiger charge is 2.16. The van der Waals surface area contributed by atoms with Crippen molar-refractivity contribution in [2.75, 3.05) is 6.61 Å². The molecule has 0 heterocycles. The Kier molecular flexibility index (Phi) is 4.18. The van der Waals surface area contributed by atoms with Gasteiger partial charge in [-0.3, -0.25) is 4.79 Å². The second kappa shape index (κ2) is 6.05. The molecule has 98 valence electrons. The summed E-state index contributed by atoms with van der Waals surface area (Å²) in [6, 6.07) is 13.8. The quantitative estimate of drug-likeness (QED) is 0.834. The molecule has 0 saturated carbocycles. The van der Waals surface area contributed by atoms with Gasteiger partial charge in [0.15, 0.2) is 17.3 Å². The van der Waals surface area contributed by atoms with Gasteiger partial charge in [-0.05, 0) is 18.6 Å². The number of aromatic hydroxyl groups is 1. The van der Waals surface area contributed by atoms with Gasteiger partial charge in [-0.25, -0.2) is 0 Å². The average Bonchev–Trinajstić information content (AvgIpc) is 2.46.